The molecule has 3 aromatic rings. The minimum Gasteiger partial charge on any atom is -0.497 e. The summed E-state index contributed by atoms with van der Waals surface area (Å²) in [7, 11) is 1.70. The monoisotopic (exact) mass is 437 g/mol. The molecule has 0 aliphatic rings. The highest BCUT2D eigenvalue weighted by molar-refractivity contribution is 7.89. The Morgan fingerprint density at radius 3 is 2.00 bits per heavy atom. The van der Waals surface area contributed by atoms with Crippen LogP contribution in [0, 0.1) is 0 Å². The summed E-state index contributed by atoms with van der Waals surface area (Å²) in [6.45, 7) is 0. The summed E-state index contributed by atoms with van der Waals surface area (Å²) >= 11 is 1.24. The Kier molecular flexibility index (Phi) is 5.91. The molecule has 0 saturated carbocycles. The van der Waals surface area contributed by atoms with Gasteiger partial charge in [0.2, 0.25) is 10.0 Å². The second-order valence-electron chi connectivity index (χ2n) is 5.70. The third-order valence-electron chi connectivity index (χ3n) is 4.08. The topological polar surface area (TPSA) is 123 Å². The van der Waals surface area contributed by atoms with Crippen molar-refractivity contribution >= 4 is 21.4 Å². The maximum absolute atomic E-state index is 12.1. The number of ether oxygens (including phenoxy) is 4. The number of hydrogen-bond donors (Lipinski definition) is 1. The van der Waals surface area contributed by atoms with Crippen LogP contribution in [-0.4, -0.2) is 47.1 Å². The second kappa shape index (κ2) is 8.23. The molecule has 9 nitrogen and oxygen atoms in total. The molecule has 2 aromatic carbocycles. The number of methoxy groups -OCH3 is 4. The van der Waals surface area contributed by atoms with Crippen molar-refractivity contribution in [3.8, 4) is 44.1 Å². The van der Waals surface area contributed by atoms with E-state index in [0.29, 0.717) is 32.6 Å². The molecule has 29 heavy (non-hydrogen) atoms. The van der Waals surface area contributed by atoms with Crippen LogP contribution >= 0.6 is 11.3 Å². The number of benzene rings is 2. The zero-order valence-electron chi connectivity index (χ0n) is 16.1. The minimum absolute atomic E-state index is 0.0344. The van der Waals surface area contributed by atoms with Gasteiger partial charge in [-0.25, -0.2) is 13.6 Å². The smallest absolute Gasteiger partial charge is 0.245 e. The van der Waals surface area contributed by atoms with Gasteiger partial charge in [-0.3, -0.25) is 0 Å². The lowest BCUT2D eigenvalue weighted by Gasteiger charge is -2.14. The number of hydrogen-bond acceptors (Lipinski definition) is 9. The predicted molar refractivity (Wildman–Crippen MR) is 108 cm³/mol. The summed E-state index contributed by atoms with van der Waals surface area (Å²) in [6, 6.07) is 8.45. The van der Waals surface area contributed by atoms with Crippen LogP contribution in [0.4, 0.5) is 0 Å². The Hall–Kier alpha value is -2.89. The van der Waals surface area contributed by atoms with E-state index >= 15 is 0 Å². The van der Waals surface area contributed by atoms with E-state index in [1.165, 1.54) is 31.6 Å². The van der Waals surface area contributed by atoms with Crippen LogP contribution in [-0.2, 0) is 10.0 Å². The van der Waals surface area contributed by atoms with Gasteiger partial charge in [0.15, 0.2) is 20.7 Å². The number of nitrogens with two attached hydrogens (primary N) is 1. The van der Waals surface area contributed by atoms with Gasteiger partial charge in [0.1, 0.15) is 17.2 Å². The van der Waals surface area contributed by atoms with Crippen molar-refractivity contribution < 1.29 is 27.4 Å². The molecule has 3 rings (SSSR count). The van der Waals surface area contributed by atoms with Crippen molar-refractivity contribution in [3.05, 3.63) is 30.3 Å². The molecular formula is C18H19N3O6S2. The molecule has 0 aliphatic heterocycles. The standard InChI is InChI=1S/C18H19N3O6S2/c1-24-10-5-7-13(25-2)12(9-10)18-21-20-17(28-18)11-6-8-14(26-3)16(15(11)27-4)29(19,22)23/h5-9H,1-4H3,(H2,19,22,23). The molecule has 0 fully saturated rings. The van der Waals surface area contributed by atoms with Crippen LogP contribution < -0.4 is 24.1 Å². The van der Waals surface area contributed by atoms with Gasteiger partial charge >= 0.3 is 0 Å². The van der Waals surface area contributed by atoms with Gasteiger partial charge in [0.25, 0.3) is 0 Å². The molecule has 2 N–H and O–H groups in total. The third kappa shape index (κ3) is 3.97. The van der Waals surface area contributed by atoms with Crippen molar-refractivity contribution in [3.63, 3.8) is 0 Å². The average Bonchev–Trinajstić information content (AvgIpc) is 3.21. The highest BCUT2D eigenvalue weighted by Crippen LogP contribution is 2.43. The molecule has 11 heteroatoms. The van der Waals surface area contributed by atoms with Crippen LogP contribution in [0.25, 0.3) is 21.1 Å². The zero-order chi connectivity index (χ0) is 21.2. The van der Waals surface area contributed by atoms with E-state index in [2.05, 4.69) is 10.2 Å². The summed E-state index contributed by atoms with van der Waals surface area (Å²) < 4.78 is 45.4. The molecule has 0 spiro atoms. The first-order valence-electron chi connectivity index (χ1n) is 8.18. The molecular weight excluding hydrogens is 418 g/mol. The lowest BCUT2D eigenvalue weighted by atomic mass is 10.2. The fourth-order valence-electron chi connectivity index (χ4n) is 2.77. The summed E-state index contributed by atoms with van der Waals surface area (Å²) in [5, 5.41) is 14.8. The van der Waals surface area contributed by atoms with Crippen molar-refractivity contribution in [1.82, 2.24) is 10.2 Å². The van der Waals surface area contributed by atoms with Crippen LogP contribution in [0.1, 0.15) is 0 Å². The first-order valence-corrected chi connectivity index (χ1v) is 10.5. The minimum atomic E-state index is -4.11. The molecule has 0 atom stereocenters. The Labute approximate surface area is 172 Å². The van der Waals surface area contributed by atoms with Crippen molar-refractivity contribution in [2.45, 2.75) is 4.90 Å². The van der Waals surface area contributed by atoms with Gasteiger partial charge < -0.3 is 18.9 Å². The van der Waals surface area contributed by atoms with Crippen LogP contribution in [0.3, 0.4) is 0 Å². The summed E-state index contributed by atoms with van der Waals surface area (Å²) in [5.74, 6) is 1.34. The Morgan fingerprint density at radius 1 is 0.828 bits per heavy atom. The van der Waals surface area contributed by atoms with Crippen LogP contribution in [0.5, 0.6) is 23.0 Å². The highest BCUT2D eigenvalue weighted by atomic mass is 32.2. The summed E-state index contributed by atoms with van der Waals surface area (Å²) in [4.78, 5) is -0.254. The largest absolute Gasteiger partial charge is 0.497 e. The number of sulfonamides is 1. The SMILES string of the molecule is COc1ccc(OC)c(-c2nnc(-c3ccc(OC)c(S(N)(=O)=O)c3OC)s2)c1. The number of aromatic nitrogens is 2. The fourth-order valence-corrected chi connectivity index (χ4v) is 4.54. The van der Waals surface area contributed by atoms with E-state index in [9.17, 15) is 8.42 Å². The van der Waals surface area contributed by atoms with Crippen LogP contribution in [0.15, 0.2) is 35.2 Å². The third-order valence-corrected chi connectivity index (χ3v) is 6.02. The molecule has 1 aromatic heterocycles. The molecule has 0 aliphatic carbocycles. The van der Waals surface area contributed by atoms with E-state index < -0.39 is 10.0 Å². The summed E-state index contributed by atoms with van der Waals surface area (Å²) in [6.07, 6.45) is 0. The maximum atomic E-state index is 12.1. The van der Waals surface area contributed by atoms with E-state index in [1.807, 2.05) is 0 Å². The Morgan fingerprint density at radius 2 is 1.45 bits per heavy atom. The first kappa shape index (κ1) is 20.8. The summed E-state index contributed by atoms with van der Waals surface area (Å²) in [5.41, 5.74) is 1.11. The molecule has 1 heterocycles. The fraction of sp³-hybridized carbons (Fsp3) is 0.222. The van der Waals surface area contributed by atoms with Gasteiger partial charge in [-0.05, 0) is 30.3 Å². The zero-order valence-corrected chi connectivity index (χ0v) is 17.8. The van der Waals surface area contributed by atoms with Gasteiger partial charge in [-0.1, -0.05) is 11.3 Å². The van der Waals surface area contributed by atoms with E-state index in [-0.39, 0.29) is 16.4 Å². The van der Waals surface area contributed by atoms with E-state index in [1.54, 1.807) is 38.5 Å². The van der Waals surface area contributed by atoms with Crippen molar-refractivity contribution in [2.24, 2.45) is 5.14 Å². The predicted octanol–water partition coefficient (Wildman–Crippen LogP) is 2.55. The average molecular weight is 437 g/mol. The molecule has 0 radical (unpaired) electrons. The molecule has 0 bridgehead atoms. The number of rotatable bonds is 7. The molecule has 0 saturated heterocycles. The van der Waals surface area contributed by atoms with Crippen molar-refractivity contribution in [1.29, 1.82) is 0 Å². The molecule has 0 unspecified atom stereocenters. The van der Waals surface area contributed by atoms with E-state index in [4.69, 9.17) is 24.1 Å². The highest BCUT2D eigenvalue weighted by Gasteiger charge is 2.26. The van der Waals surface area contributed by atoms with Gasteiger partial charge in [0, 0.05) is 0 Å². The van der Waals surface area contributed by atoms with Gasteiger partial charge in [0.05, 0.1) is 39.6 Å². The molecule has 154 valence electrons. The van der Waals surface area contributed by atoms with Crippen LogP contribution in [0.2, 0.25) is 0 Å². The lowest BCUT2D eigenvalue weighted by molar-refractivity contribution is 0.374. The first-order chi connectivity index (χ1) is 13.8. The number of primary sulfonamides is 1. The van der Waals surface area contributed by atoms with Gasteiger partial charge in [-0.2, -0.15) is 0 Å². The number of nitrogens with zero attached hydrogens (tertiary/aromatic N) is 2. The second-order valence-corrected chi connectivity index (χ2v) is 8.18. The normalized spacial score (nSPS) is 11.2. The Bertz CT molecular complexity index is 1140. The maximum Gasteiger partial charge on any atom is 0.245 e. The molecule has 0 amide bonds. The Balaban J connectivity index is 2.18. The quantitative estimate of drug-likeness (QED) is 0.598. The van der Waals surface area contributed by atoms with Crippen molar-refractivity contribution in [2.75, 3.05) is 28.4 Å². The lowest BCUT2D eigenvalue weighted by Crippen LogP contribution is -2.15. The van der Waals surface area contributed by atoms with E-state index in [0.717, 1.165) is 0 Å². The van der Waals surface area contributed by atoms with Gasteiger partial charge in [-0.15, -0.1) is 10.2 Å².